The summed E-state index contributed by atoms with van der Waals surface area (Å²) in [7, 11) is 4.60. The normalized spacial score (nSPS) is 31.3. The molecule has 0 bridgehead atoms. The van der Waals surface area contributed by atoms with E-state index in [2.05, 4.69) is 4.74 Å². The minimum Gasteiger partial charge on any atom is -0.469 e. The van der Waals surface area contributed by atoms with Crippen molar-refractivity contribution in [1.82, 2.24) is 0 Å². The predicted octanol–water partition coefficient (Wildman–Crippen LogP) is 0.716. The lowest BCUT2D eigenvalue weighted by Crippen LogP contribution is -2.38. The van der Waals surface area contributed by atoms with Gasteiger partial charge in [0.15, 0.2) is 6.29 Å². The van der Waals surface area contributed by atoms with E-state index >= 15 is 0 Å². The van der Waals surface area contributed by atoms with Crippen LogP contribution in [0.25, 0.3) is 0 Å². The number of carbonyl (C=O) groups is 1. The molecule has 1 rings (SSSR count). The fraction of sp³-hybridized carbons (Fsp3) is 0.900. The standard InChI is InChI=1S/C10H18O5/c1-12-7-4-8(5-9(11)13-2)15-10(6-7)14-3/h7-8,10H,4-6H2,1-3H3/t7-,8-,10-/m0/s1. The van der Waals surface area contributed by atoms with E-state index in [1.807, 2.05) is 0 Å². The Balaban J connectivity index is 2.46. The smallest absolute Gasteiger partial charge is 0.308 e. The van der Waals surface area contributed by atoms with Gasteiger partial charge in [0.2, 0.25) is 0 Å². The molecule has 0 amide bonds. The van der Waals surface area contributed by atoms with Crippen molar-refractivity contribution < 1.29 is 23.7 Å². The van der Waals surface area contributed by atoms with Crippen LogP contribution in [0, 0.1) is 0 Å². The van der Waals surface area contributed by atoms with Crippen LogP contribution >= 0.6 is 0 Å². The predicted molar refractivity (Wildman–Crippen MR) is 52.3 cm³/mol. The molecule has 0 aromatic heterocycles. The Bertz CT molecular complexity index is 194. The van der Waals surface area contributed by atoms with Crippen LogP contribution in [0.5, 0.6) is 0 Å². The molecule has 0 aromatic carbocycles. The monoisotopic (exact) mass is 218 g/mol. The highest BCUT2D eigenvalue weighted by molar-refractivity contribution is 5.69. The van der Waals surface area contributed by atoms with Crippen molar-refractivity contribution in [2.75, 3.05) is 21.3 Å². The highest BCUT2D eigenvalue weighted by Crippen LogP contribution is 2.24. The summed E-state index contributed by atoms with van der Waals surface area (Å²) < 4.78 is 20.5. The van der Waals surface area contributed by atoms with Crippen molar-refractivity contribution in [3.63, 3.8) is 0 Å². The van der Waals surface area contributed by atoms with Crippen LogP contribution < -0.4 is 0 Å². The number of ether oxygens (including phenoxy) is 4. The third-order valence-electron chi connectivity index (χ3n) is 2.54. The van der Waals surface area contributed by atoms with E-state index in [0.717, 1.165) is 0 Å². The van der Waals surface area contributed by atoms with Crippen LogP contribution in [0.3, 0.4) is 0 Å². The van der Waals surface area contributed by atoms with Gasteiger partial charge >= 0.3 is 5.97 Å². The number of hydrogen-bond donors (Lipinski definition) is 0. The molecule has 1 fully saturated rings. The lowest BCUT2D eigenvalue weighted by atomic mass is 10.0. The summed E-state index contributed by atoms with van der Waals surface area (Å²) in [5.41, 5.74) is 0. The van der Waals surface area contributed by atoms with Gasteiger partial charge in [0, 0.05) is 27.1 Å². The summed E-state index contributed by atoms with van der Waals surface area (Å²) in [5, 5.41) is 0. The van der Waals surface area contributed by atoms with Gasteiger partial charge in [-0.15, -0.1) is 0 Å². The second kappa shape index (κ2) is 6.05. The number of carbonyl (C=O) groups excluding carboxylic acids is 1. The molecule has 0 aromatic rings. The molecule has 1 saturated heterocycles. The molecule has 1 aliphatic rings. The van der Waals surface area contributed by atoms with Gasteiger partial charge in [-0.25, -0.2) is 0 Å². The van der Waals surface area contributed by atoms with Crippen molar-refractivity contribution in [2.24, 2.45) is 0 Å². The molecule has 0 saturated carbocycles. The van der Waals surface area contributed by atoms with E-state index in [4.69, 9.17) is 14.2 Å². The zero-order chi connectivity index (χ0) is 11.3. The first-order valence-electron chi connectivity index (χ1n) is 4.97. The van der Waals surface area contributed by atoms with E-state index < -0.39 is 0 Å². The number of rotatable bonds is 4. The molecule has 88 valence electrons. The molecule has 0 aliphatic carbocycles. The topological polar surface area (TPSA) is 54.0 Å². The zero-order valence-corrected chi connectivity index (χ0v) is 9.39. The number of esters is 1. The molecule has 15 heavy (non-hydrogen) atoms. The third-order valence-corrected chi connectivity index (χ3v) is 2.54. The first-order chi connectivity index (χ1) is 7.19. The maximum Gasteiger partial charge on any atom is 0.308 e. The van der Waals surface area contributed by atoms with Crippen molar-refractivity contribution in [3.8, 4) is 0 Å². The maximum absolute atomic E-state index is 11.1. The summed E-state index contributed by atoms with van der Waals surface area (Å²) in [5.74, 6) is -0.272. The van der Waals surface area contributed by atoms with E-state index in [1.54, 1.807) is 14.2 Å². The summed E-state index contributed by atoms with van der Waals surface area (Å²) in [6.45, 7) is 0. The van der Waals surface area contributed by atoms with E-state index in [9.17, 15) is 4.79 Å². The third kappa shape index (κ3) is 3.77. The van der Waals surface area contributed by atoms with Gasteiger partial charge in [-0.3, -0.25) is 4.79 Å². The first-order valence-corrected chi connectivity index (χ1v) is 4.97. The SMILES string of the molecule is COC(=O)C[C@@H]1C[C@H](OC)C[C@@H](OC)O1. The van der Waals surface area contributed by atoms with Gasteiger partial charge in [-0.05, 0) is 0 Å². The van der Waals surface area contributed by atoms with Gasteiger partial charge in [0.25, 0.3) is 0 Å². The maximum atomic E-state index is 11.1. The fourth-order valence-electron chi connectivity index (χ4n) is 1.67. The lowest BCUT2D eigenvalue weighted by Gasteiger charge is -2.33. The average molecular weight is 218 g/mol. The van der Waals surface area contributed by atoms with Crippen LogP contribution in [0.2, 0.25) is 0 Å². The lowest BCUT2D eigenvalue weighted by molar-refractivity contribution is -0.210. The van der Waals surface area contributed by atoms with Crippen molar-refractivity contribution >= 4 is 5.97 Å². The highest BCUT2D eigenvalue weighted by atomic mass is 16.7. The Morgan fingerprint density at radius 3 is 2.53 bits per heavy atom. The van der Waals surface area contributed by atoms with Gasteiger partial charge in [0.1, 0.15) is 0 Å². The fourth-order valence-corrected chi connectivity index (χ4v) is 1.67. The van der Waals surface area contributed by atoms with Crippen molar-refractivity contribution in [3.05, 3.63) is 0 Å². The Morgan fingerprint density at radius 1 is 1.27 bits per heavy atom. The van der Waals surface area contributed by atoms with Crippen LogP contribution in [-0.2, 0) is 23.7 Å². The first kappa shape index (κ1) is 12.4. The molecule has 5 nitrogen and oxygen atoms in total. The molecule has 0 radical (unpaired) electrons. The second-order valence-corrected chi connectivity index (χ2v) is 3.53. The highest BCUT2D eigenvalue weighted by Gasteiger charge is 2.30. The quantitative estimate of drug-likeness (QED) is 0.651. The average Bonchev–Trinajstić information content (AvgIpc) is 2.28. The molecule has 1 heterocycles. The number of hydrogen-bond acceptors (Lipinski definition) is 5. The minimum absolute atomic E-state index is 0.0818. The summed E-state index contributed by atoms with van der Waals surface area (Å²) in [6.07, 6.45) is 1.25. The van der Waals surface area contributed by atoms with E-state index in [1.165, 1.54) is 7.11 Å². The summed E-state index contributed by atoms with van der Waals surface area (Å²) in [6, 6.07) is 0. The van der Waals surface area contributed by atoms with Gasteiger partial charge in [-0.1, -0.05) is 0 Å². The summed E-state index contributed by atoms with van der Waals surface area (Å²) in [4.78, 5) is 11.1. The molecule has 0 unspecified atom stereocenters. The Labute approximate surface area is 89.6 Å². The van der Waals surface area contributed by atoms with Crippen LogP contribution in [0.1, 0.15) is 19.3 Å². The molecule has 1 aliphatic heterocycles. The zero-order valence-electron chi connectivity index (χ0n) is 9.39. The Hall–Kier alpha value is -0.650. The van der Waals surface area contributed by atoms with Gasteiger partial charge < -0.3 is 18.9 Å². The van der Waals surface area contributed by atoms with Crippen LogP contribution in [0.15, 0.2) is 0 Å². The molecule has 3 atom stereocenters. The largest absolute Gasteiger partial charge is 0.469 e. The summed E-state index contributed by atoms with van der Waals surface area (Å²) >= 11 is 0. The van der Waals surface area contributed by atoms with Crippen molar-refractivity contribution in [2.45, 2.75) is 37.8 Å². The second-order valence-electron chi connectivity index (χ2n) is 3.53. The van der Waals surface area contributed by atoms with E-state index in [-0.39, 0.29) is 30.9 Å². The molecular weight excluding hydrogens is 200 g/mol. The van der Waals surface area contributed by atoms with Crippen LogP contribution in [-0.4, -0.2) is 45.8 Å². The molecular formula is C10H18O5. The Kier molecular flexibility index (Phi) is 5.01. The molecule has 0 spiro atoms. The van der Waals surface area contributed by atoms with Gasteiger partial charge in [0.05, 0.1) is 25.7 Å². The molecule has 0 N–H and O–H groups in total. The minimum atomic E-state index is -0.293. The van der Waals surface area contributed by atoms with E-state index in [0.29, 0.717) is 12.8 Å². The molecule has 5 heteroatoms. The van der Waals surface area contributed by atoms with Gasteiger partial charge in [-0.2, -0.15) is 0 Å². The van der Waals surface area contributed by atoms with Crippen LogP contribution in [0.4, 0.5) is 0 Å². The Morgan fingerprint density at radius 2 is 2.00 bits per heavy atom. The van der Waals surface area contributed by atoms with Crippen molar-refractivity contribution in [1.29, 1.82) is 0 Å². The number of methoxy groups -OCH3 is 3.